The number of rotatable bonds is 0. The van der Waals surface area contributed by atoms with Crippen LogP contribution in [0.1, 0.15) is 26.7 Å². The Hall–Kier alpha value is 0.360. The molecule has 0 aromatic carbocycles. The minimum absolute atomic E-state index is 0.176. The van der Waals surface area contributed by atoms with Crippen LogP contribution in [0.3, 0.4) is 0 Å². The fraction of sp³-hybridized carbons (Fsp3) is 1.00. The first-order chi connectivity index (χ1) is 5.46. The molecule has 3 nitrogen and oxygen atoms in total. The molecule has 2 aliphatic rings. The summed E-state index contributed by atoms with van der Waals surface area (Å²) in [6.07, 6.45) is 1.02. The number of alkyl halides is 1. The Balaban J connectivity index is 2.28. The van der Waals surface area contributed by atoms with Gasteiger partial charge in [0.15, 0.2) is 12.1 Å². The highest BCUT2D eigenvalue weighted by molar-refractivity contribution is 9.09. The molecule has 0 radical (unpaired) electrons. The molecular formula is C8H13BrO3. The number of aliphatic hydroxyl groups is 1. The van der Waals surface area contributed by atoms with Crippen molar-refractivity contribution in [3.8, 4) is 0 Å². The summed E-state index contributed by atoms with van der Waals surface area (Å²) in [6.45, 7) is 3.75. The van der Waals surface area contributed by atoms with Gasteiger partial charge in [0.2, 0.25) is 0 Å². The Morgan fingerprint density at radius 1 is 1.50 bits per heavy atom. The van der Waals surface area contributed by atoms with Gasteiger partial charge in [-0.2, -0.15) is 0 Å². The molecule has 2 aliphatic heterocycles. The van der Waals surface area contributed by atoms with Gasteiger partial charge in [0.1, 0.15) is 5.60 Å². The number of hydrogen-bond acceptors (Lipinski definition) is 3. The third kappa shape index (κ3) is 1.05. The second kappa shape index (κ2) is 2.44. The molecule has 2 bridgehead atoms. The first-order valence-electron chi connectivity index (χ1n) is 4.16. The SMILES string of the molecule is CC12CCC(Br)C(C)(OC1O)O2. The van der Waals surface area contributed by atoms with Crippen LogP contribution in [0.5, 0.6) is 0 Å². The maximum Gasteiger partial charge on any atom is 0.187 e. The maximum atomic E-state index is 9.57. The number of hydrogen-bond donors (Lipinski definition) is 1. The summed E-state index contributed by atoms with van der Waals surface area (Å²) in [4.78, 5) is 0.176. The summed E-state index contributed by atoms with van der Waals surface area (Å²) in [5.41, 5.74) is -0.501. The summed E-state index contributed by atoms with van der Waals surface area (Å²) in [6, 6.07) is 0. The van der Waals surface area contributed by atoms with Gasteiger partial charge in [-0.3, -0.25) is 0 Å². The second-order valence-electron chi connectivity index (χ2n) is 3.91. The molecule has 0 aliphatic carbocycles. The minimum Gasteiger partial charge on any atom is -0.366 e. The quantitative estimate of drug-likeness (QED) is 0.647. The summed E-state index contributed by atoms with van der Waals surface area (Å²) in [7, 11) is 0. The summed E-state index contributed by atoms with van der Waals surface area (Å²) < 4.78 is 11.1. The Morgan fingerprint density at radius 3 is 2.75 bits per heavy atom. The Labute approximate surface area is 80.2 Å². The first-order valence-corrected chi connectivity index (χ1v) is 5.08. The van der Waals surface area contributed by atoms with Crippen molar-refractivity contribution in [2.24, 2.45) is 0 Å². The molecule has 0 aromatic heterocycles. The van der Waals surface area contributed by atoms with Crippen molar-refractivity contribution < 1.29 is 14.6 Å². The molecule has 2 fully saturated rings. The van der Waals surface area contributed by atoms with Gasteiger partial charge in [0, 0.05) is 0 Å². The van der Waals surface area contributed by atoms with E-state index < -0.39 is 17.7 Å². The van der Waals surface area contributed by atoms with Gasteiger partial charge in [-0.25, -0.2) is 0 Å². The van der Waals surface area contributed by atoms with Crippen LogP contribution >= 0.6 is 15.9 Å². The Morgan fingerprint density at radius 2 is 2.17 bits per heavy atom. The lowest BCUT2D eigenvalue weighted by Gasteiger charge is -2.36. The number of fused-ring (bicyclic) bond motifs is 2. The smallest absolute Gasteiger partial charge is 0.187 e. The predicted octanol–water partition coefficient (Wildman–Crippen LogP) is 1.38. The van der Waals surface area contributed by atoms with E-state index in [4.69, 9.17) is 9.47 Å². The van der Waals surface area contributed by atoms with Crippen molar-refractivity contribution in [3.05, 3.63) is 0 Å². The normalized spacial score (nSPS) is 59.0. The number of aliphatic hydroxyl groups excluding tert-OH is 1. The molecular weight excluding hydrogens is 224 g/mol. The van der Waals surface area contributed by atoms with Crippen molar-refractivity contribution >= 4 is 15.9 Å². The van der Waals surface area contributed by atoms with Gasteiger partial charge in [-0.15, -0.1) is 0 Å². The molecule has 12 heavy (non-hydrogen) atoms. The Kier molecular flexibility index (Phi) is 1.82. The third-order valence-electron chi connectivity index (χ3n) is 2.77. The molecule has 2 rings (SSSR count). The van der Waals surface area contributed by atoms with Crippen LogP contribution in [0.2, 0.25) is 0 Å². The zero-order chi connectivity index (χ0) is 8.98. The standard InChI is InChI=1S/C8H13BrO3/c1-7-4-3-5(9)8(2,12-7)11-6(7)10/h5-6,10H,3-4H2,1-2H3. The van der Waals surface area contributed by atoms with E-state index in [2.05, 4.69) is 15.9 Å². The average Bonchev–Trinajstić information content (AvgIpc) is 2.15. The Bertz CT molecular complexity index is 210. The molecule has 70 valence electrons. The maximum absolute atomic E-state index is 9.57. The zero-order valence-corrected chi connectivity index (χ0v) is 8.80. The lowest BCUT2D eigenvalue weighted by atomic mass is 9.94. The van der Waals surface area contributed by atoms with E-state index in [1.54, 1.807) is 0 Å². The van der Waals surface area contributed by atoms with E-state index in [-0.39, 0.29) is 4.83 Å². The van der Waals surface area contributed by atoms with Gasteiger partial charge in [0.05, 0.1) is 4.83 Å². The molecule has 2 heterocycles. The van der Waals surface area contributed by atoms with Crippen LogP contribution in [0.25, 0.3) is 0 Å². The molecule has 4 unspecified atom stereocenters. The van der Waals surface area contributed by atoms with Crippen molar-refractivity contribution in [1.29, 1.82) is 0 Å². The molecule has 0 aromatic rings. The van der Waals surface area contributed by atoms with Crippen molar-refractivity contribution in [1.82, 2.24) is 0 Å². The van der Waals surface area contributed by atoms with Crippen LogP contribution < -0.4 is 0 Å². The fourth-order valence-corrected chi connectivity index (χ4v) is 2.30. The lowest BCUT2D eigenvalue weighted by molar-refractivity contribution is -0.197. The van der Waals surface area contributed by atoms with Gasteiger partial charge in [-0.1, -0.05) is 15.9 Å². The van der Waals surface area contributed by atoms with Gasteiger partial charge in [0.25, 0.3) is 0 Å². The van der Waals surface area contributed by atoms with E-state index in [9.17, 15) is 5.11 Å². The van der Waals surface area contributed by atoms with Crippen LogP contribution in [0.15, 0.2) is 0 Å². The van der Waals surface area contributed by atoms with E-state index >= 15 is 0 Å². The summed E-state index contributed by atoms with van der Waals surface area (Å²) in [5.74, 6) is -0.646. The predicted molar refractivity (Wildman–Crippen MR) is 46.9 cm³/mol. The second-order valence-corrected chi connectivity index (χ2v) is 5.01. The zero-order valence-electron chi connectivity index (χ0n) is 7.21. The monoisotopic (exact) mass is 236 g/mol. The van der Waals surface area contributed by atoms with Crippen molar-refractivity contribution in [2.75, 3.05) is 0 Å². The van der Waals surface area contributed by atoms with E-state index in [1.165, 1.54) is 0 Å². The number of ether oxygens (including phenoxy) is 2. The van der Waals surface area contributed by atoms with Crippen molar-refractivity contribution in [2.45, 2.75) is 49.2 Å². The van der Waals surface area contributed by atoms with Gasteiger partial charge >= 0.3 is 0 Å². The highest BCUT2D eigenvalue weighted by atomic mass is 79.9. The third-order valence-corrected chi connectivity index (χ3v) is 4.06. The van der Waals surface area contributed by atoms with E-state index in [0.717, 1.165) is 12.8 Å². The van der Waals surface area contributed by atoms with Crippen LogP contribution in [-0.4, -0.2) is 27.6 Å². The molecule has 0 saturated carbocycles. The molecule has 0 spiro atoms. The van der Waals surface area contributed by atoms with Crippen LogP contribution in [0.4, 0.5) is 0 Å². The first kappa shape index (κ1) is 8.94. The molecule has 4 atom stereocenters. The van der Waals surface area contributed by atoms with E-state index in [0.29, 0.717) is 0 Å². The lowest BCUT2D eigenvalue weighted by Crippen LogP contribution is -2.45. The highest BCUT2D eigenvalue weighted by Gasteiger charge is 2.58. The molecule has 4 heteroatoms. The van der Waals surface area contributed by atoms with Crippen molar-refractivity contribution in [3.63, 3.8) is 0 Å². The van der Waals surface area contributed by atoms with Crippen LogP contribution in [-0.2, 0) is 9.47 Å². The van der Waals surface area contributed by atoms with Gasteiger partial charge in [-0.05, 0) is 26.7 Å². The molecule has 0 amide bonds. The summed E-state index contributed by atoms with van der Waals surface area (Å²) >= 11 is 3.49. The number of halogens is 1. The largest absolute Gasteiger partial charge is 0.366 e. The van der Waals surface area contributed by atoms with Crippen LogP contribution in [0, 0.1) is 0 Å². The van der Waals surface area contributed by atoms with Gasteiger partial charge < -0.3 is 14.6 Å². The molecule has 2 saturated heterocycles. The average molecular weight is 237 g/mol. The summed E-state index contributed by atoms with van der Waals surface area (Å²) in [5, 5.41) is 9.57. The topological polar surface area (TPSA) is 38.7 Å². The molecule has 1 N–H and O–H groups in total. The fourth-order valence-electron chi connectivity index (χ4n) is 1.87. The highest BCUT2D eigenvalue weighted by Crippen LogP contribution is 2.48. The van der Waals surface area contributed by atoms with E-state index in [1.807, 2.05) is 13.8 Å². The minimum atomic E-state index is -0.787.